The second-order valence-electron chi connectivity index (χ2n) is 4.44. The van der Waals surface area contributed by atoms with Gasteiger partial charge < -0.3 is 9.64 Å². The lowest BCUT2D eigenvalue weighted by atomic mass is 10.1. The van der Waals surface area contributed by atoms with E-state index in [0.717, 1.165) is 6.42 Å². The number of methoxy groups -OCH3 is 1. The second kappa shape index (κ2) is 7.55. The van der Waals surface area contributed by atoms with Gasteiger partial charge in [-0.05, 0) is 31.5 Å². The van der Waals surface area contributed by atoms with Crippen molar-refractivity contribution in [1.29, 1.82) is 5.26 Å². The lowest BCUT2D eigenvalue weighted by Crippen LogP contribution is -2.40. The minimum absolute atomic E-state index is 0.0523. The van der Waals surface area contributed by atoms with Crippen LogP contribution in [0.4, 0.5) is 0 Å². The summed E-state index contributed by atoms with van der Waals surface area (Å²) in [7, 11) is 1.62. The minimum atomic E-state index is -0.0523. The van der Waals surface area contributed by atoms with Crippen molar-refractivity contribution in [1.82, 2.24) is 4.90 Å². The fraction of sp³-hybridized carbons (Fsp3) is 0.467. The first kappa shape index (κ1) is 15.2. The fourth-order valence-corrected chi connectivity index (χ4v) is 1.82. The Kier molecular flexibility index (Phi) is 6.04. The molecule has 1 rings (SSSR count). The van der Waals surface area contributed by atoms with E-state index in [1.165, 1.54) is 0 Å². The van der Waals surface area contributed by atoms with Crippen LogP contribution in [0.5, 0.6) is 0 Å². The molecule has 0 saturated heterocycles. The van der Waals surface area contributed by atoms with Gasteiger partial charge >= 0.3 is 0 Å². The highest BCUT2D eigenvalue weighted by molar-refractivity contribution is 5.94. The minimum Gasteiger partial charge on any atom is -0.383 e. The van der Waals surface area contributed by atoms with Gasteiger partial charge in [0.2, 0.25) is 0 Å². The van der Waals surface area contributed by atoms with Crippen molar-refractivity contribution in [3.8, 4) is 6.07 Å². The van der Waals surface area contributed by atoms with Gasteiger partial charge in [0.25, 0.3) is 5.91 Å². The third-order valence-electron chi connectivity index (χ3n) is 3.16. The summed E-state index contributed by atoms with van der Waals surface area (Å²) in [5, 5.41) is 8.88. The van der Waals surface area contributed by atoms with Crippen molar-refractivity contribution in [2.24, 2.45) is 0 Å². The van der Waals surface area contributed by atoms with Crippen LogP contribution in [0.2, 0.25) is 0 Å². The topological polar surface area (TPSA) is 53.3 Å². The molecule has 0 aliphatic rings. The molecule has 19 heavy (non-hydrogen) atoms. The van der Waals surface area contributed by atoms with Crippen LogP contribution in [-0.2, 0) is 4.74 Å². The van der Waals surface area contributed by atoms with E-state index in [2.05, 4.69) is 6.07 Å². The van der Waals surface area contributed by atoms with E-state index in [4.69, 9.17) is 10.00 Å². The first-order valence-corrected chi connectivity index (χ1v) is 6.44. The summed E-state index contributed by atoms with van der Waals surface area (Å²) in [4.78, 5) is 14.3. The van der Waals surface area contributed by atoms with Crippen LogP contribution in [0.25, 0.3) is 0 Å². The van der Waals surface area contributed by atoms with Crippen LogP contribution in [0.3, 0.4) is 0 Å². The zero-order valence-corrected chi connectivity index (χ0v) is 11.7. The lowest BCUT2D eigenvalue weighted by molar-refractivity contribution is 0.0614. The SMILES string of the molecule is CCC(C)N(CCOC)C(=O)c1cccc(C#N)c1. The number of amides is 1. The Hall–Kier alpha value is -1.86. The smallest absolute Gasteiger partial charge is 0.254 e. The molecule has 102 valence electrons. The van der Waals surface area contributed by atoms with E-state index in [1.54, 1.807) is 36.3 Å². The summed E-state index contributed by atoms with van der Waals surface area (Å²) in [6.07, 6.45) is 0.882. The van der Waals surface area contributed by atoms with E-state index >= 15 is 0 Å². The zero-order chi connectivity index (χ0) is 14.3. The standard InChI is InChI=1S/C15H20N2O2/c1-4-12(2)17(8-9-19-3)15(18)14-7-5-6-13(10-14)11-16/h5-7,10,12H,4,8-9H2,1-3H3. The van der Waals surface area contributed by atoms with E-state index in [0.29, 0.717) is 24.3 Å². The zero-order valence-electron chi connectivity index (χ0n) is 11.7. The third kappa shape index (κ3) is 4.08. The van der Waals surface area contributed by atoms with Gasteiger partial charge in [-0.1, -0.05) is 13.0 Å². The molecule has 0 radical (unpaired) electrons. The highest BCUT2D eigenvalue weighted by Crippen LogP contribution is 2.12. The fourth-order valence-electron chi connectivity index (χ4n) is 1.82. The van der Waals surface area contributed by atoms with Gasteiger partial charge in [0.05, 0.1) is 18.2 Å². The summed E-state index contributed by atoms with van der Waals surface area (Å²) in [5.74, 6) is -0.0523. The van der Waals surface area contributed by atoms with Crippen LogP contribution in [-0.4, -0.2) is 37.1 Å². The van der Waals surface area contributed by atoms with Crippen LogP contribution in [0.15, 0.2) is 24.3 Å². The quantitative estimate of drug-likeness (QED) is 0.789. The van der Waals surface area contributed by atoms with Crippen molar-refractivity contribution in [2.75, 3.05) is 20.3 Å². The summed E-state index contributed by atoms with van der Waals surface area (Å²) < 4.78 is 5.05. The maximum absolute atomic E-state index is 12.5. The number of nitriles is 1. The van der Waals surface area contributed by atoms with Crippen molar-refractivity contribution in [2.45, 2.75) is 26.3 Å². The van der Waals surface area contributed by atoms with Gasteiger partial charge in [-0.3, -0.25) is 4.79 Å². The molecule has 0 heterocycles. The Balaban J connectivity index is 2.94. The normalized spacial score (nSPS) is 11.7. The molecule has 1 amide bonds. The maximum Gasteiger partial charge on any atom is 0.254 e. The number of nitrogens with zero attached hydrogens (tertiary/aromatic N) is 2. The van der Waals surface area contributed by atoms with Gasteiger partial charge in [-0.15, -0.1) is 0 Å². The molecule has 0 saturated carbocycles. The number of hydrogen-bond acceptors (Lipinski definition) is 3. The monoisotopic (exact) mass is 260 g/mol. The molecule has 1 unspecified atom stereocenters. The summed E-state index contributed by atoms with van der Waals surface area (Å²) in [6, 6.07) is 9.00. The van der Waals surface area contributed by atoms with Crippen LogP contribution >= 0.6 is 0 Å². The molecule has 4 heteroatoms. The Bertz CT molecular complexity index is 465. The van der Waals surface area contributed by atoms with E-state index in [1.807, 2.05) is 13.8 Å². The number of benzene rings is 1. The van der Waals surface area contributed by atoms with Gasteiger partial charge in [-0.2, -0.15) is 5.26 Å². The number of ether oxygens (including phenoxy) is 1. The molecule has 0 spiro atoms. The molecule has 0 N–H and O–H groups in total. The molecular weight excluding hydrogens is 240 g/mol. The number of hydrogen-bond donors (Lipinski definition) is 0. The van der Waals surface area contributed by atoms with Crippen molar-refractivity contribution < 1.29 is 9.53 Å². The van der Waals surface area contributed by atoms with Gasteiger partial charge in [0.1, 0.15) is 0 Å². The third-order valence-corrected chi connectivity index (χ3v) is 3.16. The highest BCUT2D eigenvalue weighted by Gasteiger charge is 2.20. The van der Waals surface area contributed by atoms with Crippen molar-refractivity contribution in [3.05, 3.63) is 35.4 Å². The van der Waals surface area contributed by atoms with Crippen LogP contribution in [0.1, 0.15) is 36.2 Å². The summed E-state index contributed by atoms with van der Waals surface area (Å²) in [6.45, 7) is 5.13. The Morgan fingerprint density at radius 1 is 1.53 bits per heavy atom. The Labute approximate surface area is 114 Å². The number of carbonyl (C=O) groups excluding carboxylic acids is 1. The van der Waals surface area contributed by atoms with E-state index < -0.39 is 0 Å². The molecule has 0 fully saturated rings. The van der Waals surface area contributed by atoms with Crippen molar-refractivity contribution >= 4 is 5.91 Å². The predicted octanol–water partition coefficient (Wildman–Crippen LogP) is 2.45. The average Bonchev–Trinajstić information content (AvgIpc) is 2.47. The van der Waals surface area contributed by atoms with Crippen molar-refractivity contribution in [3.63, 3.8) is 0 Å². The van der Waals surface area contributed by atoms with Crippen LogP contribution < -0.4 is 0 Å². The molecular formula is C15H20N2O2. The largest absolute Gasteiger partial charge is 0.383 e. The molecule has 0 aliphatic carbocycles. The first-order valence-electron chi connectivity index (χ1n) is 6.44. The van der Waals surface area contributed by atoms with E-state index in [-0.39, 0.29) is 11.9 Å². The van der Waals surface area contributed by atoms with Gasteiger partial charge in [0, 0.05) is 25.3 Å². The molecule has 1 atom stereocenters. The van der Waals surface area contributed by atoms with Gasteiger partial charge in [0.15, 0.2) is 0 Å². The Morgan fingerprint density at radius 2 is 2.26 bits per heavy atom. The van der Waals surface area contributed by atoms with Gasteiger partial charge in [-0.25, -0.2) is 0 Å². The first-order chi connectivity index (χ1) is 9.13. The summed E-state index contributed by atoms with van der Waals surface area (Å²) in [5.41, 5.74) is 1.05. The number of rotatable bonds is 6. The summed E-state index contributed by atoms with van der Waals surface area (Å²) >= 11 is 0. The molecule has 4 nitrogen and oxygen atoms in total. The van der Waals surface area contributed by atoms with Crippen LogP contribution in [0, 0.1) is 11.3 Å². The number of carbonyl (C=O) groups is 1. The molecule has 0 aromatic heterocycles. The second-order valence-corrected chi connectivity index (χ2v) is 4.44. The average molecular weight is 260 g/mol. The predicted molar refractivity (Wildman–Crippen MR) is 73.8 cm³/mol. The Morgan fingerprint density at radius 3 is 2.84 bits per heavy atom. The molecule has 1 aromatic rings. The molecule has 0 bridgehead atoms. The lowest BCUT2D eigenvalue weighted by Gasteiger charge is -2.28. The highest BCUT2D eigenvalue weighted by atomic mass is 16.5. The molecule has 0 aliphatic heterocycles. The molecule has 1 aromatic carbocycles. The maximum atomic E-state index is 12.5. The van der Waals surface area contributed by atoms with E-state index in [9.17, 15) is 4.79 Å².